The summed E-state index contributed by atoms with van der Waals surface area (Å²) >= 11 is 5.97. The molecule has 0 aromatic heterocycles. The Hall–Kier alpha value is -2.26. The number of rotatable bonds is 8. The van der Waals surface area contributed by atoms with E-state index in [0.717, 1.165) is 33.6 Å². The first-order chi connectivity index (χ1) is 17.0. The Morgan fingerprint density at radius 3 is 2.22 bits per heavy atom. The van der Waals surface area contributed by atoms with Crippen LogP contribution in [0.4, 0.5) is 14.5 Å². The molecule has 0 saturated carbocycles. The second-order valence-corrected chi connectivity index (χ2v) is 17.8. The molecule has 3 aromatic rings. The van der Waals surface area contributed by atoms with Gasteiger partial charge in [-0.3, -0.25) is 4.31 Å². The van der Waals surface area contributed by atoms with Gasteiger partial charge in [0.1, 0.15) is 11.6 Å². The van der Waals surface area contributed by atoms with Gasteiger partial charge in [-0.1, -0.05) is 56.1 Å². The van der Waals surface area contributed by atoms with Crippen molar-refractivity contribution in [2.45, 2.75) is 70.3 Å². The van der Waals surface area contributed by atoms with Crippen LogP contribution >= 0.6 is 11.6 Å². The summed E-state index contributed by atoms with van der Waals surface area (Å²) in [6.07, 6.45) is 0. The first kappa shape index (κ1) is 29.3. The molecule has 0 heterocycles. The molecule has 0 spiro atoms. The lowest BCUT2D eigenvalue weighted by Gasteiger charge is -2.37. The van der Waals surface area contributed by atoms with E-state index in [9.17, 15) is 12.8 Å². The van der Waals surface area contributed by atoms with Gasteiger partial charge in [0, 0.05) is 11.1 Å². The zero-order valence-corrected chi connectivity index (χ0v) is 24.8. The molecular formula is C28H34ClF2NO3SSi. The van der Waals surface area contributed by atoms with Crippen molar-refractivity contribution < 1.29 is 21.6 Å². The fraction of sp³-hybridized carbons (Fsp3) is 0.357. The van der Waals surface area contributed by atoms with Crippen molar-refractivity contribution >= 4 is 35.6 Å². The summed E-state index contributed by atoms with van der Waals surface area (Å²) in [6, 6.07) is 13.2. The summed E-state index contributed by atoms with van der Waals surface area (Å²) in [5, 5.41) is 0.344. The van der Waals surface area contributed by atoms with Crippen LogP contribution in [-0.4, -0.2) is 16.7 Å². The zero-order valence-electron chi connectivity index (χ0n) is 22.3. The van der Waals surface area contributed by atoms with Gasteiger partial charge in [-0.25, -0.2) is 17.2 Å². The van der Waals surface area contributed by atoms with Gasteiger partial charge in [-0.15, -0.1) is 0 Å². The molecule has 0 saturated heterocycles. The molecule has 0 amide bonds. The van der Waals surface area contributed by atoms with E-state index in [1.807, 2.05) is 25.1 Å². The largest absolute Gasteiger partial charge is 0.413 e. The summed E-state index contributed by atoms with van der Waals surface area (Å²) in [5.74, 6) is -1.60. The molecule has 37 heavy (non-hydrogen) atoms. The average molecular weight is 566 g/mol. The minimum Gasteiger partial charge on any atom is -0.413 e. The third kappa shape index (κ3) is 6.42. The Bertz CT molecular complexity index is 1370. The lowest BCUT2D eigenvalue weighted by atomic mass is 9.99. The number of anilines is 1. The van der Waals surface area contributed by atoms with Crippen LogP contribution in [0.2, 0.25) is 23.2 Å². The first-order valence-corrected chi connectivity index (χ1v) is 16.8. The van der Waals surface area contributed by atoms with Crippen molar-refractivity contribution in [2.75, 3.05) is 4.31 Å². The standard InChI is InChI=1S/C28H34ClF2NO3SSi/c1-19-8-14-25(21(16-19)18-35-37(6,7)28(3,4)5)20(2)32(27-17-23(30)11-15-26(27)31)36(33,34)24-12-9-22(29)10-13-24/h8-17,20H,18H2,1-7H3/t20-/m1/s1. The van der Waals surface area contributed by atoms with E-state index in [0.29, 0.717) is 10.6 Å². The number of benzene rings is 3. The van der Waals surface area contributed by atoms with Crippen LogP contribution in [0.3, 0.4) is 0 Å². The van der Waals surface area contributed by atoms with Crippen molar-refractivity contribution in [3.8, 4) is 0 Å². The quantitative estimate of drug-likeness (QED) is 0.258. The Labute approximate surface area is 225 Å². The smallest absolute Gasteiger partial charge is 0.264 e. The van der Waals surface area contributed by atoms with Crippen LogP contribution in [0.15, 0.2) is 65.6 Å². The molecule has 1 atom stereocenters. The molecule has 0 unspecified atom stereocenters. The highest BCUT2D eigenvalue weighted by molar-refractivity contribution is 7.92. The van der Waals surface area contributed by atoms with Crippen LogP contribution in [0.1, 0.15) is 50.4 Å². The van der Waals surface area contributed by atoms with Gasteiger partial charge in [0.25, 0.3) is 10.0 Å². The van der Waals surface area contributed by atoms with Gasteiger partial charge in [-0.05, 0) is 79.5 Å². The molecular weight excluding hydrogens is 532 g/mol. The minimum atomic E-state index is -4.32. The van der Waals surface area contributed by atoms with Gasteiger partial charge < -0.3 is 4.43 Å². The number of hydrogen-bond acceptors (Lipinski definition) is 3. The number of halogens is 3. The molecule has 0 aliphatic carbocycles. The molecule has 3 aromatic carbocycles. The van der Waals surface area contributed by atoms with Crippen LogP contribution < -0.4 is 4.31 Å². The lowest BCUT2D eigenvalue weighted by molar-refractivity contribution is 0.275. The molecule has 0 fully saturated rings. The maximum absolute atomic E-state index is 15.1. The summed E-state index contributed by atoms with van der Waals surface area (Å²) in [4.78, 5) is -0.0846. The Morgan fingerprint density at radius 2 is 1.62 bits per heavy atom. The monoisotopic (exact) mass is 565 g/mol. The van der Waals surface area contributed by atoms with Gasteiger partial charge in [0.15, 0.2) is 8.32 Å². The molecule has 0 aliphatic heterocycles. The number of sulfonamides is 1. The Kier molecular flexibility index (Phi) is 8.59. The van der Waals surface area contributed by atoms with E-state index in [1.54, 1.807) is 6.92 Å². The van der Waals surface area contributed by atoms with E-state index in [4.69, 9.17) is 16.0 Å². The molecule has 3 rings (SSSR count). The molecule has 0 N–H and O–H groups in total. The van der Waals surface area contributed by atoms with Crippen molar-refractivity contribution in [1.82, 2.24) is 0 Å². The van der Waals surface area contributed by atoms with E-state index in [1.165, 1.54) is 24.3 Å². The number of nitrogens with zero attached hydrogens (tertiary/aromatic N) is 1. The van der Waals surface area contributed by atoms with Gasteiger partial charge in [-0.2, -0.15) is 0 Å². The Balaban J connectivity index is 2.17. The average Bonchev–Trinajstić information content (AvgIpc) is 2.79. The first-order valence-electron chi connectivity index (χ1n) is 12.0. The zero-order chi connectivity index (χ0) is 27.8. The molecule has 0 radical (unpaired) electrons. The summed E-state index contributed by atoms with van der Waals surface area (Å²) in [6.45, 7) is 14.6. The number of aryl methyl sites for hydroxylation is 1. The van der Waals surface area contributed by atoms with Crippen LogP contribution in [0.25, 0.3) is 0 Å². The summed E-state index contributed by atoms with van der Waals surface area (Å²) < 4.78 is 64.6. The number of hydrogen-bond donors (Lipinski definition) is 0. The van der Waals surface area contributed by atoms with Crippen molar-refractivity contribution in [3.63, 3.8) is 0 Å². The molecule has 200 valence electrons. The second-order valence-electron chi connectivity index (χ2n) is 10.8. The predicted molar refractivity (Wildman–Crippen MR) is 149 cm³/mol. The van der Waals surface area contributed by atoms with E-state index < -0.39 is 36.0 Å². The van der Waals surface area contributed by atoms with Crippen LogP contribution in [-0.2, 0) is 21.1 Å². The van der Waals surface area contributed by atoms with Crippen molar-refractivity contribution in [2.24, 2.45) is 0 Å². The SMILES string of the molecule is Cc1ccc([C@@H](C)N(c2cc(F)ccc2F)S(=O)(=O)c2ccc(Cl)cc2)c(CO[Si](C)(C)C(C)(C)C)c1. The highest BCUT2D eigenvalue weighted by Gasteiger charge is 2.38. The van der Waals surface area contributed by atoms with E-state index in [-0.39, 0.29) is 22.2 Å². The van der Waals surface area contributed by atoms with Gasteiger partial charge in [0.2, 0.25) is 0 Å². The second kappa shape index (κ2) is 10.8. The molecule has 4 nitrogen and oxygen atoms in total. The maximum atomic E-state index is 15.1. The maximum Gasteiger partial charge on any atom is 0.264 e. The van der Waals surface area contributed by atoms with E-state index in [2.05, 4.69) is 33.9 Å². The molecule has 0 bridgehead atoms. The van der Waals surface area contributed by atoms with Gasteiger partial charge >= 0.3 is 0 Å². The van der Waals surface area contributed by atoms with Crippen LogP contribution in [0, 0.1) is 18.6 Å². The summed E-state index contributed by atoms with van der Waals surface area (Å²) in [5.41, 5.74) is 2.05. The van der Waals surface area contributed by atoms with E-state index >= 15 is 4.39 Å². The lowest BCUT2D eigenvalue weighted by Crippen LogP contribution is -2.40. The Morgan fingerprint density at radius 1 is 1.00 bits per heavy atom. The third-order valence-electron chi connectivity index (χ3n) is 7.01. The van der Waals surface area contributed by atoms with Gasteiger partial charge in [0.05, 0.1) is 23.2 Å². The molecule has 0 aliphatic rings. The fourth-order valence-electron chi connectivity index (χ4n) is 3.79. The molecule has 9 heteroatoms. The highest BCUT2D eigenvalue weighted by Crippen LogP contribution is 2.39. The minimum absolute atomic E-state index is 0.0166. The predicted octanol–water partition coefficient (Wildman–Crippen LogP) is 8.40. The van der Waals surface area contributed by atoms with Crippen molar-refractivity contribution in [3.05, 3.63) is 94.0 Å². The third-order valence-corrected chi connectivity index (χ3v) is 13.6. The van der Waals surface area contributed by atoms with Crippen LogP contribution in [0.5, 0.6) is 0 Å². The highest BCUT2D eigenvalue weighted by atomic mass is 35.5. The fourth-order valence-corrected chi connectivity index (χ4v) is 6.50. The topological polar surface area (TPSA) is 46.6 Å². The van der Waals surface area contributed by atoms with Crippen molar-refractivity contribution in [1.29, 1.82) is 0 Å². The summed E-state index contributed by atoms with van der Waals surface area (Å²) in [7, 11) is -6.43. The normalized spacial score (nSPS) is 13.5.